The number of hydrogen-bond acceptors (Lipinski definition) is 0. The normalized spacial score (nSPS) is 52.8. The Morgan fingerprint density at radius 3 is 2.58 bits per heavy atom. The number of fused-ring (bicyclic) bond motifs is 5. The summed E-state index contributed by atoms with van der Waals surface area (Å²) in [6.45, 7) is 8.54. The summed E-state index contributed by atoms with van der Waals surface area (Å²) in [7, 11) is 0. The molecule has 138 valence electrons. The molecule has 0 aromatic rings. The first-order valence-electron chi connectivity index (χ1n) is 12.0. The molecule has 0 nitrogen and oxygen atoms in total. The highest BCUT2D eigenvalue weighted by atomic mass is 14.6. The minimum absolute atomic E-state index is 0.625. The Bertz CT molecular complexity index is 473. The molecule has 0 spiro atoms. The largest absolute Gasteiger partial charge is 0.0654 e. The third kappa shape index (κ3) is 2.44. The van der Waals surface area contributed by atoms with E-state index in [1.807, 2.05) is 0 Å². The molecule has 0 amide bonds. The average molecular weight is 332 g/mol. The Labute approximate surface area is 153 Å². The highest BCUT2D eigenvalue weighted by Crippen LogP contribution is 2.68. The fourth-order valence-corrected chi connectivity index (χ4v) is 8.79. The third-order valence-corrected chi connectivity index (χ3v) is 10.0. The van der Waals surface area contributed by atoms with Crippen LogP contribution in [0.5, 0.6) is 0 Å². The summed E-state index contributed by atoms with van der Waals surface area (Å²) in [4.78, 5) is 0. The Hall–Kier alpha value is 0. The van der Waals surface area contributed by atoms with E-state index in [9.17, 15) is 0 Å². The Balaban J connectivity index is 1.53. The molecule has 0 heterocycles. The molecule has 8 atom stereocenters. The fraction of sp³-hybridized carbons (Fsp3) is 1.00. The molecule has 4 fully saturated rings. The molecule has 4 rings (SSSR count). The van der Waals surface area contributed by atoms with Gasteiger partial charge >= 0.3 is 0 Å². The van der Waals surface area contributed by atoms with Crippen LogP contribution in [-0.2, 0) is 0 Å². The van der Waals surface area contributed by atoms with E-state index in [1.165, 1.54) is 57.8 Å². The van der Waals surface area contributed by atoms with Crippen LogP contribution < -0.4 is 0 Å². The molecule has 0 radical (unpaired) electrons. The van der Waals surface area contributed by atoms with E-state index in [2.05, 4.69) is 20.8 Å². The maximum Gasteiger partial charge on any atom is 0.0230 e. The van der Waals surface area contributed by atoms with Gasteiger partial charge in [-0.2, -0.15) is 0 Å². The second-order valence-corrected chi connectivity index (χ2v) is 10.8. The van der Waals surface area contributed by atoms with Crippen molar-refractivity contribution in [3.8, 4) is 0 Å². The molecule has 4 aliphatic rings. The second-order valence-electron chi connectivity index (χ2n) is 10.8. The van der Waals surface area contributed by atoms with Gasteiger partial charge in [0, 0.05) is 1.37 Å². The van der Waals surface area contributed by atoms with Crippen molar-refractivity contribution >= 4 is 0 Å². The van der Waals surface area contributed by atoms with Gasteiger partial charge in [-0.3, -0.25) is 0 Å². The highest BCUT2D eigenvalue weighted by Gasteiger charge is 2.59. The lowest BCUT2D eigenvalue weighted by atomic mass is 9.44. The van der Waals surface area contributed by atoms with Crippen LogP contribution in [0.3, 0.4) is 0 Å². The molecule has 4 saturated carbocycles. The number of hydrogen-bond donors (Lipinski definition) is 0. The monoisotopic (exact) mass is 331 g/mol. The van der Waals surface area contributed by atoms with Gasteiger partial charge in [-0.05, 0) is 97.7 Å². The van der Waals surface area contributed by atoms with Gasteiger partial charge in [-0.15, -0.1) is 0 Å². The summed E-state index contributed by atoms with van der Waals surface area (Å²) < 4.78 is 7.53. The van der Waals surface area contributed by atoms with Crippen LogP contribution in [0.15, 0.2) is 0 Å². The van der Waals surface area contributed by atoms with Gasteiger partial charge in [0.15, 0.2) is 0 Å². The molecule has 24 heavy (non-hydrogen) atoms. The topological polar surface area (TPSA) is 0 Å². The summed E-state index contributed by atoms with van der Waals surface area (Å²) in [6.07, 6.45) is 17.7. The standard InChI is InChI=1S/C24H42/c1-5-8-17(2)20-12-13-21-19-11-10-18-9-6-7-15-23(18,3)22(19)14-16-24(20,21)4/h17-22H,5-16H2,1-4H3/t17-,18?,19+,20-,21+,22+,23+,24-/m1/s1/i1D. The first-order valence-corrected chi connectivity index (χ1v) is 11.3. The lowest BCUT2D eigenvalue weighted by molar-refractivity contribution is -0.114. The van der Waals surface area contributed by atoms with E-state index < -0.39 is 0 Å². The Morgan fingerprint density at radius 1 is 0.917 bits per heavy atom. The van der Waals surface area contributed by atoms with Gasteiger partial charge < -0.3 is 0 Å². The van der Waals surface area contributed by atoms with Gasteiger partial charge in [0.25, 0.3) is 0 Å². The van der Waals surface area contributed by atoms with Crippen LogP contribution >= 0.6 is 0 Å². The van der Waals surface area contributed by atoms with Crippen molar-refractivity contribution in [3.05, 3.63) is 0 Å². The molecule has 0 bridgehead atoms. The maximum absolute atomic E-state index is 7.53. The summed E-state index contributed by atoms with van der Waals surface area (Å²) in [6, 6.07) is 0. The van der Waals surface area contributed by atoms with Crippen molar-refractivity contribution in [1.82, 2.24) is 0 Å². The molecular weight excluding hydrogens is 288 g/mol. The summed E-state index contributed by atoms with van der Waals surface area (Å²) in [5.41, 5.74) is 1.32. The molecule has 0 aromatic heterocycles. The van der Waals surface area contributed by atoms with Crippen molar-refractivity contribution in [2.45, 2.75) is 105 Å². The van der Waals surface area contributed by atoms with Crippen molar-refractivity contribution in [2.75, 3.05) is 0 Å². The summed E-state index contributed by atoms with van der Waals surface area (Å²) in [5, 5.41) is 0. The third-order valence-electron chi connectivity index (χ3n) is 10.0. The molecule has 0 heteroatoms. The molecule has 0 saturated heterocycles. The Kier molecular flexibility index (Phi) is 4.26. The van der Waals surface area contributed by atoms with Crippen LogP contribution in [0.1, 0.15) is 106 Å². The molecular formula is C24H42. The van der Waals surface area contributed by atoms with E-state index in [0.29, 0.717) is 17.7 Å². The van der Waals surface area contributed by atoms with E-state index in [0.717, 1.165) is 41.9 Å². The fourth-order valence-electron chi connectivity index (χ4n) is 8.79. The smallest absolute Gasteiger partial charge is 0.0230 e. The van der Waals surface area contributed by atoms with Crippen molar-refractivity contribution in [2.24, 2.45) is 46.3 Å². The van der Waals surface area contributed by atoms with Crippen LogP contribution in [-0.4, -0.2) is 0 Å². The molecule has 4 aliphatic carbocycles. The quantitative estimate of drug-likeness (QED) is 0.503. The number of rotatable bonds is 3. The van der Waals surface area contributed by atoms with Crippen molar-refractivity contribution < 1.29 is 1.37 Å². The predicted octanol–water partition coefficient (Wildman–Crippen LogP) is 7.47. The van der Waals surface area contributed by atoms with Crippen LogP contribution in [0.4, 0.5) is 0 Å². The minimum Gasteiger partial charge on any atom is -0.0654 e. The average Bonchev–Trinajstić information content (AvgIpc) is 2.96. The van der Waals surface area contributed by atoms with Gasteiger partial charge in [0.1, 0.15) is 0 Å². The van der Waals surface area contributed by atoms with Gasteiger partial charge in [-0.25, -0.2) is 0 Å². The van der Waals surface area contributed by atoms with E-state index >= 15 is 0 Å². The highest BCUT2D eigenvalue weighted by molar-refractivity contribution is 5.09. The second kappa shape index (κ2) is 6.31. The predicted molar refractivity (Wildman–Crippen MR) is 104 cm³/mol. The minimum atomic E-state index is 0.625. The molecule has 0 N–H and O–H groups in total. The summed E-state index contributed by atoms with van der Waals surface area (Å²) in [5.74, 6) is 5.97. The SMILES string of the molecule is [2H]CCC[C@@H](C)[C@H]1CC[C@H]2[C@@H]3CCC4CCCC[C@]4(C)[C@H]3CC[C@]12C. The van der Waals surface area contributed by atoms with Crippen LogP contribution in [0.2, 0.25) is 0 Å². The zero-order valence-corrected chi connectivity index (χ0v) is 16.7. The lowest BCUT2D eigenvalue weighted by Gasteiger charge is -2.61. The van der Waals surface area contributed by atoms with Gasteiger partial charge in [0.2, 0.25) is 0 Å². The Morgan fingerprint density at radius 2 is 1.75 bits per heavy atom. The van der Waals surface area contributed by atoms with Crippen LogP contribution in [0.25, 0.3) is 0 Å². The summed E-state index contributed by atoms with van der Waals surface area (Å²) >= 11 is 0. The molecule has 1 unspecified atom stereocenters. The van der Waals surface area contributed by atoms with Gasteiger partial charge in [-0.1, -0.05) is 53.4 Å². The lowest BCUT2D eigenvalue weighted by Crippen LogP contribution is -2.53. The first-order chi connectivity index (χ1) is 12.0. The zero-order chi connectivity index (χ0) is 17.7. The first kappa shape index (κ1) is 16.2. The zero-order valence-electron chi connectivity index (χ0n) is 17.7. The van der Waals surface area contributed by atoms with E-state index in [-0.39, 0.29) is 0 Å². The maximum atomic E-state index is 7.53. The molecule has 0 aromatic carbocycles. The van der Waals surface area contributed by atoms with Gasteiger partial charge in [0.05, 0.1) is 0 Å². The molecule has 0 aliphatic heterocycles. The van der Waals surface area contributed by atoms with Crippen LogP contribution in [0, 0.1) is 46.3 Å². The van der Waals surface area contributed by atoms with E-state index in [4.69, 9.17) is 1.37 Å². The van der Waals surface area contributed by atoms with Crippen molar-refractivity contribution in [1.29, 1.82) is 0 Å². The van der Waals surface area contributed by atoms with E-state index in [1.54, 1.807) is 12.8 Å². The van der Waals surface area contributed by atoms with Crippen molar-refractivity contribution in [3.63, 3.8) is 0 Å².